The van der Waals surface area contributed by atoms with Crippen molar-refractivity contribution in [2.45, 2.75) is 39.2 Å². The van der Waals surface area contributed by atoms with E-state index < -0.39 is 0 Å². The van der Waals surface area contributed by atoms with Crippen LogP contribution in [0.3, 0.4) is 0 Å². The van der Waals surface area contributed by atoms with Gasteiger partial charge in [0, 0.05) is 48.7 Å². The average Bonchev–Trinajstić information content (AvgIpc) is 3.06. The van der Waals surface area contributed by atoms with Gasteiger partial charge in [0.2, 0.25) is 5.91 Å². The van der Waals surface area contributed by atoms with E-state index in [9.17, 15) is 4.79 Å². The second-order valence-electron chi connectivity index (χ2n) is 6.91. The molecule has 0 aromatic heterocycles. The van der Waals surface area contributed by atoms with E-state index in [1.165, 1.54) is 0 Å². The molecule has 1 atom stereocenters. The van der Waals surface area contributed by atoms with Crippen LogP contribution in [0.5, 0.6) is 0 Å². The first-order valence-electron chi connectivity index (χ1n) is 9.10. The minimum Gasteiger partial charge on any atom is -0.356 e. The van der Waals surface area contributed by atoms with Gasteiger partial charge in [0.1, 0.15) is 0 Å². The van der Waals surface area contributed by atoms with E-state index in [4.69, 9.17) is 23.2 Å². The van der Waals surface area contributed by atoms with Crippen LogP contribution in [-0.4, -0.2) is 49.5 Å². The van der Waals surface area contributed by atoms with Crippen LogP contribution in [0.25, 0.3) is 0 Å². The van der Waals surface area contributed by atoms with E-state index in [2.05, 4.69) is 15.6 Å². The molecule has 0 saturated carbocycles. The average molecular weight is 527 g/mol. The third kappa shape index (κ3) is 7.66. The van der Waals surface area contributed by atoms with Crippen LogP contribution < -0.4 is 10.6 Å². The Morgan fingerprint density at radius 1 is 1.37 bits per heavy atom. The minimum atomic E-state index is 0. The molecule has 8 heteroatoms. The zero-order valence-corrected chi connectivity index (χ0v) is 19.9. The highest BCUT2D eigenvalue weighted by Crippen LogP contribution is 2.21. The van der Waals surface area contributed by atoms with Gasteiger partial charge in [-0.15, -0.1) is 24.0 Å². The number of hydrogen-bond acceptors (Lipinski definition) is 2. The number of halogens is 3. The molecule has 5 nitrogen and oxygen atoms in total. The number of aryl methyl sites for hydroxylation is 1. The van der Waals surface area contributed by atoms with Gasteiger partial charge >= 0.3 is 0 Å². The molecular weight excluding hydrogens is 498 g/mol. The molecule has 1 unspecified atom stereocenters. The minimum absolute atomic E-state index is 0. The summed E-state index contributed by atoms with van der Waals surface area (Å²) in [5.74, 6) is 1.04. The summed E-state index contributed by atoms with van der Waals surface area (Å²) in [6.45, 7) is 6.21. The zero-order chi connectivity index (χ0) is 19.1. The van der Waals surface area contributed by atoms with Crippen molar-refractivity contribution in [1.29, 1.82) is 0 Å². The molecule has 2 rings (SSSR count). The molecule has 152 valence electrons. The molecule has 1 amide bonds. The van der Waals surface area contributed by atoms with Crippen LogP contribution in [0.1, 0.15) is 32.3 Å². The predicted octanol–water partition coefficient (Wildman–Crippen LogP) is 3.97. The van der Waals surface area contributed by atoms with Crippen LogP contribution in [0, 0.1) is 5.92 Å². The SMILES string of the molecule is CN=C(NCCCc1ccc(Cl)cc1Cl)NC1CCN(C(=O)C(C)C)C1.I. The van der Waals surface area contributed by atoms with Crippen LogP contribution in [0.2, 0.25) is 10.0 Å². The lowest BCUT2D eigenvalue weighted by atomic mass is 10.1. The van der Waals surface area contributed by atoms with Gasteiger partial charge in [0.15, 0.2) is 5.96 Å². The van der Waals surface area contributed by atoms with E-state index >= 15 is 0 Å². The van der Waals surface area contributed by atoms with E-state index in [1.54, 1.807) is 13.1 Å². The third-order valence-corrected chi connectivity index (χ3v) is 5.08. The number of carbonyl (C=O) groups is 1. The summed E-state index contributed by atoms with van der Waals surface area (Å²) in [4.78, 5) is 18.3. The van der Waals surface area contributed by atoms with Gasteiger partial charge in [-0.1, -0.05) is 43.1 Å². The Labute approximate surface area is 189 Å². The molecule has 1 aromatic carbocycles. The van der Waals surface area contributed by atoms with Crippen LogP contribution in [0.4, 0.5) is 0 Å². The van der Waals surface area contributed by atoms with Crippen molar-refractivity contribution in [2.24, 2.45) is 10.9 Å². The van der Waals surface area contributed by atoms with Crippen molar-refractivity contribution < 1.29 is 4.79 Å². The van der Waals surface area contributed by atoms with E-state index in [0.29, 0.717) is 10.0 Å². The standard InChI is InChI=1S/C19H28Cl2N4O.HI/c1-13(2)18(26)25-10-8-16(12-25)24-19(22-3)23-9-4-5-14-6-7-15(20)11-17(14)21;/h6-7,11,13,16H,4-5,8-10,12H2,1-3H3,(H2,22,23,24);1H. The van der Waals surface area contributed by atoms with Crippen molar-refractivity contribution in [3.05, 3.63) is 33.8 Å². The number of benzene rings is 1. The summed E-state index contributed by atoms with van der Waals surface area (Å²) in [6, 6.07) is 5.85. The van der Waals surface area contributed by atoms with Crippen molar-refractivity contribution >= 4 is 59.0 Å². The number of guanidine groups is 1. The lowest BCUT2D eigenvalue weighted by molar-refractivity contribution is -0.133. The molecule has 0 spiro atoms. The van der Waals surface area contributed by atoms with Crippen molar-refractivity contribution in [2.75, 3.05) is 26.7 Å². The van der Waals surface area contributed by atoms with E-state index in [1.807, 2.05) is 30.9 Å². The first kappa shape index (κ1) is 24.3. The lowest BCUT2D eigenvalue weighted by Crippen LogP contribution is -2.45. The molecule has 1 aliphatic rings. The number of hydrogen-bond donors (Lipinski definition) is 2. The molecule has 0 radical (unpaired) electrons. The quantitative estimate of drug-likeness (QED) is 0.255. The second kappa shape index (κ2) is 12.0. The predicted molar refractivity (Wildman–Crippen MR) is 125 cm³/mol. The fourth-order valence-electron chi connectivity index (χ4n) is 3.04. The Balaban J connectivity index is 0.00000364. The number of nitrogens with one attached hydrogen (secondary N) is 2. The molecule has 0 bridgehead atoms. The highest BCUT2D eigenvalue weighted by atomic mass is 127. The number of nitrogens with zero attached hydrogens (tertiary/aromatic N) is 2. The van der Waals surface area contributed by atoms with E-state index in [-0.39, 0.29) is 41.8 Å². The number of rotatable bonds is 6. The number of aliphatic imine (C=N–C) groups is 1. The molecule has 27 heavy (non-hydrogen) atoms. The maximum absolute atomic E-state index is 12.1. The fraction of sp³-hybridized carbons (Fsp3) is 0.579. The van der Waals surface area contributed by atoms with Crippen LogP contribution >= 0.6 is 47.2 Å². The summed E-state index contributed by atoms with van der Waals surface area (Å²) in [6.07, 6.45) is 2.75. The summed E-state index contributed by atoms with van der Waals surface area (Å²) >= 11 is 12.1. The zero-order valence-electron chi connectivity index (χ0n) is 16.1. The van der Waals surface area contributed by atoms with Crippen molar-refractivity contribution in [3.8, 4) is 0 Å². The summed E-state index contributed by atoms with van der Waals surface area (Å²) in [7, 11) is 1.76. The Bertz CT molecular complexity index is 655. The molecule has 0 aliphatic carbocycles. The third-order valence-electron chi connectivity index (χ3n) is 4.49. The largest absolute Gasteiger partial charge is 0.356 e. The lowest BCUT2D eigenvalue weighted by Gasteiger charge is -2.20. The first-order chi connectivity index (χ1) is 12.4. The Morgan fingerprint density at radius 2 is 2.11 bits per heavy atom. The highest BCUT2D eigenvalue weighted by Gasteiger charge is 2.27. The summed E-state index contributed by atoms with van der Waals surface area (Å²) in [5.41, 5.74) is 1.10. The van der Waals surface area contributed by atoms with Gasteiger partial charge in [-0.3, -0.25) is 9.79 Å². The Kier molecular flexibility index (Phi) is 10.8. The van der Waals surface area contributed by atoms with Crippen molar-refractivity contribution in [3.63, 3.8) is 0 Å². The van der Waals surface area contributed by atoms with E-state index in [0.717, 1.165) is 50.4 Å². The highest BCUT2D eigenvalue weighted by molar-refractivity contribution is 14.0. The smallest absolute Gasteiger partial charge is 0.225 e. The topological polar surface area (TPSA) is 56.7 Å². The first-order valence-corrected chi connectivity index (χ1v) is 9.86. The molecule has 2 N–H and O–H groups in total. The molecule has 1 saturated heterocycles. The van der Waals surface area contributed by atoms with Crippen molar-refractivity contribution in [1.82, 2.24) is 15.5 Å². The Morgan fingerprint density at radius 3 is 2.74 bits per heavy atom. The van der Waals surface area contributed by atoms with Gasteiger partial charge < -0.3 is 15.5 Å². The van der Waals surface area contributed by atoms with Gasteiger partial charge in [0.05, 0.1) is 0 Å². The monoisotopic (exact) mass is 526 g/mol. The summed E-state index contributed by atoms with van der Waals surface area (Å²) < 4.78 is 0. The molecule has 1 heterocycles. The van der Waals surface area contributed by atoms with Gasteiger partial charge in [-0.2, -0.15) is 0 Å². The molecule has 1 aromatic rings. The van der Waals surface area contributed by atoms with Gasteiger partial charge in [-0.05, 0) is 37.0 Å². The number of carbonyl (C=O) groups excluding carboxylic acids is 1. The molecule has 1 fully saturated rings. The molecule has 1 aliphatic heterocycles. The molecular formula is C19H29Cl2IN4O. The van der Waals surface area contributed by atoms with Crippen LogP contribution in [-0.2, 0) is 11.2 Å². The van der Waals surface area contributed by atoms with Gasteiger partial charge in [0.25, 0.3) is 0 Å². The van der Waals surface area contributed by atoms with Gasteiger partial charge in [-0.25, -0.2) is 0 Å². The maximum Gasteiger partial charge on any atom is 0.225 e. The number of likely N-dealkylation sites (tertiary alicyclic amines) is 1. The van der Waals surface area contributed by atoms with Crippen LogP contribution in [0.15, 0.2) is 23.2 Å². The maximum atomic E-state index is 12.1. The number of amides is 1. The normalized spacial score (nSPS) is 17.0. The summed E-state index contributed by atoms with van der Waals surface area (Å²) in [5, 5.41) is 8.10. The Hall–Kier alpha value is -0.730. The second-order valence-corrected chi connectivity index (χ2v) is 7.75. The fourth-order valence-corrected chi connectivity index (χ4v) is 3.54.